The third-order valence-corrected chi connectivity index (χ3v) is 6.61. The molecule has 9 heteroatoms. The molecule has 2 atom stereocenters. The topological polar surface area (TPSA) is 38.8 Å². The van der Waals surface area contributed by atoms with E-state index in [-0.39, 0.29) is 43.3 Å². The molecule has 1 amide bonds. The number of thioether (sulfide) groups is 1. The first-order valence-electron chi connectivity index (χ1n) is 9.40. The molecule has 3 aliphatic heterocycles. The van der Waals surface area contributed by atoms with E-state index in [9.17, 15) is 4.79 Å². The lowest BCUT2D eigenvalue weighted by Crippen LogP contribution is -2.50. The molecule has 3 heterocycles. The number of hydrogen-bond acceptors (Lipinski definition) is 5. The molecule has 0 radical (unpaired) electrons. The van der Waals surface area contributed by atoms with Crippen LogP contribution < -0.4 is 5.32 Å². The summed E-state index contributed by atoms with van der Waals surface area (Å²) in [6.45, 7) is 7.38. The number of carbonyl (C=O) groups excluding carboxylic acids is 1. The van der Waals surface area contributed by atoms with Gasteiger partial charge in [-0.25, -0.2) is 0 Å². The molecule has 0 aliphatic carbocycles. The molecule has 4 rings (SSSR count). The van der Waals surface area contributed by atoms with Crippen LogP contribution in [0.5, 0.6) is 0 Å². The maximum atomic E-state index is 12.6. The molecule has 160 valence electrons. The normalized spacial score (nSPS) is 25.5. The Morgan fingerprint density at radius 3 is 2.39 bits per heavy atom. The van der Waals surface area contributed by atoms with Crippen molar-refractivity contribution < 1.29 is 4.79 Å². The van der Waals surface area contributed by atoms with Crippen LogP contribution in [0.15, 0.2) is 30.3 Å². The lowest BCUT2D eigenvalue weighted by Gasteiger charge is -2.38. The highest BCUT2D eigenvalue weighted by Gasteiger charge is 2.36. The number of carbonyl (C=O) groups is 1. The van der Waals surface area contributed by atoms with Crippen molar-refractivity contribution in [3.63, 3.8) is 0 Å². The van der Waals surface area contributed by atoms with E-state index in [4.69, 9.17) is 0 Å². The summed E-state index contributed by atoms with van der Waals surface area (Å²) >= 11 is 1.86. The van der Waals surface area contributed by atoms with E-state index in [0.717, 1.165) is 63.9 Å². The quantitative estimate of drug-likeness (QED) is 0.733. The monoisotopic (exact) mass is 468 g/mol. The zero-order chi connectivity index (χ0) is 17.1. The fraction of sp³-hybridized carbons (Fsp3) is 0.632. The minimum Gasteiger partial charge on any atom is -0.331 e. The highest BCUT2D eigenvalue weighted by molar-refractivity contribution is 7.99. The first kappa shape index (κ1) is 25.8. The number of amides is 1. The Labute approximate surface area is 191 Å². The van der Waals surface area contributed by atoms with Crippen molar-refractivity contribution >= 4 is 54.9 Å². The summed E-state index contributed by atoms with van der Waals surface area (Å²) in [6.07, 6.45) is 0.971. The van der Waals surface area contributed by atoms with Crippen LogP contribution in [0.3, 0.4) is 0 Å². The molecule has 0 bridgehead atoms. The Morgan fingerprint density at radius 2 is 1.75 bits per heavy atom. The average molecular weight is 470 g/mol. The number of nitrogens with one attached hydrogen (secondary N) is 1. The second kappa shape index (κ2) is 12.5. The van der Waals surface area contributed by atoms with Gasteiger partial charge in [0.05, 0.1) is 11.9 Å². The van der Waals surface area contributed by atoms with Gasteiger partial charge in [0.1, 0.15) is 0 Å². The van der Waals surface area contributed by atoms with Crippen molar-refractivity contribution in [3.05, 3.63) is 35.9 Å². The number of piperazine rings is 1. The van der Waals surface area contributed by atoms with Gasteiger partial charge in [0, 0.05) is 57.6 Å². The summed E-state index contributed by atoms with van der Waals surface area (Å²) in [5.41, 5.74) is 1.40. The Balaban J connectivity index is 0.00000131. The van der Waals surface area contributed by atoms with Gasteiger partial charge in [-0.15, -0.1) is 49.0 Å². The number of benzene rings is 1. The standard InChI is InChI=1S/C19H28N4OS.3ClH/c24-19(23-10-11-25-15-23)18-12-17(13-20-18)22-8-6-21(7-9-22)14-16-4-2-1-3-5-16;;;/h1-5,17-18,20H,6-15H2;3*1H/t17-,18-;;;/m0.../s1. The van der Waals surface area contributed by atoms with E-state index in [2.05, 4.69) is 45.4 Å². The van der Waals surface area contributed by atoms with Gasteiger partial charge >= 0.3 is 0 Å². The maximum Gasteiger partial charge on any atom is 0.240 e. The molecule has 3 saturated heterocycles. The Kier molecular flexibility index (Phi) is 11.5. The van der Waals surface area contributed by atoms with E-state index in [1.165, 1.54) is 5.56 Å². The van der Waals surface area contributed by atoms with Crippen molar-refractivity contribution in [1.29, 1.82) is 0 Å². The second-order valence-electron chi connectivity index (χ2n) is 7.29. The van der Waals surface area contributed by atoms with Gasteiger partial charge in [-0.3, -0.25) is 14.6 Å². The van der Waals surface area contributed by atoms with Crippen LogP contribution in [0.2, 0.25) is 0 Å². The minimum absolute atomic E-state index is 0. The molecule has 3 fully saturated rings. The van der Waals surface area contributed by atoms with Crippen LogP contribution in [0.25, 0.3) is 0 Å². The zero-order valence-electron chi connectivity index (χ0n) is 16.0. The van der Waals surface area contributed by atoms with Crippen LogP contribution in [0.4, 0.5) is 0 Å². The molecular weight excluding hydrogens is 439 g/mol. The second-order valence-corrected chi connectivity index (χ2v) is 8.36. The van der Waals surface area contributed by atoms with Gasteiger partial charge < -0.3 is 10.2 Å². The summed E-state index contributed by atoms with van der Waals surface area (Å²) in [7, 11) is 0. The number of nitrogens with zero attached hydrogens (tertiary/aromatic N) is 3. The molecule has 0 aromatic heterocycles. The van der Waals surface area contributed by atoms with E-state index in [0.29, 0.717) is 11.9 Å². The summed E-state index contributed by atoms with van der Waals surface area (Å²) in [6, 6.07) is 11.3. The third-order valence-electron chi connectivity index (χ3n) is 5.64. The predicted molar refractivity (Wildman–Crippen MR) is 124 cm³/mol. The molecule has 1 aromatic rings. The fourth-order valence-electron chi connectivity index (χ4n) is 4.12. The van der Waals surface area contributed by atoms with Gasteiger partial charge in [0.15, 0.2) is 0 Å². The van der Waals surface area contributed by atoms with E-state index < -0.39 is 0 Å². The van der Waals surface area contributed by atoms with Crippen LogP contribution >= 0.6 is 49.0 Å². The smallest absolute Gasteiger partial charge is 0.240 e. The number of rotatable bonds is 4. The van der Waals surface area contributed by atoms with Crippen LogP contribution in [-0.2, 0) is 11.3 Å². The Hall–Kier alpha value is -0.210. The predicted octanol–water partition coefficient (Wildman–Crippen LogP) is 2.33. The fourth-order valence-corrected chi connectivity index (χ4v) is 5.08. The summed E-state index contributed by atoms with van der Waals surface area (Å²) in [5.74, 6) is 2.28. The van der Waals surface area contributed by atoms with Crippen molar-refractivity contribution in [2.24, 2.45) is 0 Å². The summed E-state index contributed by atoms with van der Waals surface area (Å²) in [5, 5.41) is 3.48. The molecule has 0 spiro atoms. The van der Waals surface area contributed by atoms with Crippen LogP contribution in [0.1, 0.15) is 12.0 Å². The van der Waals surface area contributed by atoms with Crippen molar-refractivity contribution in [3.8, 4) is 0 Å². The molecular formula is C19H31Cl3N4OS. The van der Waals surface area contributed by atoms with Crippen LogP contribution in [-0.4, -0.2) is 83.6 Å². The Bertz CT molecular complexity index is 584. The van der Waals surface area contributed by atoms with Crippen molar-refractivity contribution in [2.75, 3.05) is 50.9 Å². The molecule has 1 N–H and O–H groups in total. The molecule has 28 heavy (non-hydrogen) atoms. The van der Waals surface area contributed by atoms with E-state index in [1.54, 1.807) is 0 Å². The SMILES string of the molecule is Cl.Cl.Cl.O=C([C@@H]1C[C@H](N2CCN(Cc3ccccc3)CC2)CN1)N1CCSC1. The van der Waals surface area contributed by atoms with E-state index in [1.807, 2.05) is 16.7 Å². The van der Waals surface area contributed by atoms with Crippen molar-refractivity contribution in [2.45, 2.75) is 25.0 Å². The molecule has 3 aliphatic rings. The molecule has 5 nitrogen and oxygen atoms in total. The number of halogens is 3. The van der Waals surface area contributed by atoms with Gasteiger partial charge in [0.2, 0.25) is 5.91 Å². The highest BCUT2D eigenvalue weighted by Crippen LogP contribution is 2.21. The van der Waals surface area contributed by atoms with Gasteiger partial charge in [-0.1, -0.05) is 30.3 Å². The van der Waals surface area contributed by atoms with Gasteiger partial charge in [-0.2, -0.15) is 0 Å². The first-order chi connectivity index (χ1) is 12.3. The molecule has 0 unspecified atom stereocenters. The first-order valence-corrected chi connectivity index (χ1v) is 10.6. The van der Waals surface area contributed by atoms with E-state index >= 15 is 0 Å². The molecule has 1 aromatic carbocycles. The van der Waals surface area contributed by atoms with Crippen LogP contribution in [0, 0.1) is 0 Å². The number of hydrogen-bond donors (Lipinski definition) is 1. The maximum absolute atomic E-state index is 12.6. The lowest BCUT2D eigenvalue weighted by molar-refractivity contribution is -0.131. The zero-order valence-corrected chi connectivity index (χ0v) is 19.3. The van der Waals surface area contributed by atoms with Gasteiger partial charge in [-0.05, 0) is 12.0 Å². The lowest BCUT2D eigenvalue weighted by atomic mass is 10.1. The largest absolute Gasteiger partial charge is 0.331 e. The summed E-state index contributed by atoms with van der Waals surface area (Å²) in [4.78, 5) is 19.7. The molecule has 0 saturated carbocycles. The van der Waals surface area contributed by atoms with Crippen molar-refractivity contribution in [1.82, 2.24) is 20.0 Å². The van der Waals surface area contributed by atoms with Gasteiger partial charge in [0.25, 0.3) is 0 Å². The Morgan fingerprint density at radius 1 is 1.04 bits per heavy atom. The summed E-state index contributed by atoms with van der Waals surface area (Å²) < 4.78 is 0. The third kappa shape index (κ3) is 6.39. The average Bonchev–Trinajstić information content (AvgIpc) is 3.35. The highest BCUT2D eigenvalue weighted by atomic mass is 35.5. The minimum atomic E-state index is 0.